The molecular formula is C9H18IN3. The van der Waals surface area contributed by atoms with Crippen molar-refractivity contribution in [2.45, 2.75) is 31.9 Å². The molecule has 0 bridgehead atoms. The van der Waals surface area contributed by atoms with E-state index in [1.165, 1.54) is 0 Å². The van der Waals surface area contributed by atoms with Crippen molar-refractivity contribution in [2.75, 3.05) is 13.1 Å². The van der Waals surface area contributed by atoms with E-state index < -0.39 is 0 Å². The molecule has 0 aromatic heterocycles. The first-order valence-electron chi connectivity index (χ1n) is 4.64. The monoisotopic (exact) mass is 295 g/mol. The van der Waals surface area contributed by atoms with Crippen molar-refractivity contribution in [3.63, 3.8) is 0 Å². The Morgan fingerprint density at radius 2 is 2.08 bits per heavy atom. The molecule has 0 spiro atoms. The van der Waals surface area contributed by atoms with E-state index in [0.717, 1.165) is 13.1 Å². The number of hydrogen-bond donors (Lipinski definition) is 0. The van der Waals surface area contributed by atoms with E-state index in [1.807, 2.05) is 6.34 Å². The van der Waals surface area contributed by atoms with E-state index in [1.54, 1.807) is 0 Å². The second kappa shape index (κ2) is 4.02. The Balaban J connectivity index is 2.51. The first-order chi connectivity index (χ1) is 5.94. The van der Waals surface area contributed by atoms with Gasteiger partial charge in [-0.2, -0.15) is 5.10 Å². The molecule has 1 aliphatic rings. The van der Waals surface area contributed by atoms with Gasteiger partial charge in [0.25, 0.3) is 0 Å². The van der Waals surface area contributed by atoms with Gasteiger partial charge in [0.1, 0.15) is 6.34 Å². The standard InChI is InChI=1S/C9H18IN3/c1-5-13-8(10)12(7-11-13)6-9(2,3)4/h7-8H,5-6H2,1-4H3. The highest BCUT2D eigenvalue weighted by Crippen LogP contribution is 2.23. The Bertz CT molecular complexity index is 198. The van der Waals surface area contributed by atoms with Crippen LogP contribution in [0.1, 0.15) is 27.7 Å². The maximum absolute atomic E-state index is 4.33. The third-order valence-corrected chi connectivity index (χ3v) is 3.21. The quantitative estimate of drug-likeness (QED) is 0.442. The van der Waals surface area contributed by atoms with Gasteiger partial charge in [0, 0.05) is 13.1 Å². The van der Waals surface area contributed by atoms with E-state index in [9.17, 15) is 0 Å². The summed E-state index contributed by atoms with van der Waals surface area (Å²) in [6, 6.07) is 0. The molecule has 1 rings (SSSR count). The van der Waals surface area contributed by atoms with Crippen LogP contribution < -0.4 is 0 Å². The lowest BCUT2D eigenvalue weighted by atomic mass is 9.96. The zero-order chi connectivity index (χ0) is 10.1. The zero-order valence-electron chi connectivity index (χ0n) is 8.79. The molecule has 0 fully saturated rings. The number of hydrazone groups is 1. The fourth-order valence-electron chi connectivity index (χ4n) is 1.31. The van der Waals surface area contributed by atoms with Crippen molar-refractivity contribution >= 4 is 28.9 Å². The van der Waals surface area contributed by atoms with Crippen LogP contribution in [-0.4, -0.2) is 33.5 Å². The lowest BCUT2D eigenvalue weighted by molar-refractivity contribution is 0.190. The molecule has 0 saturated carbocycles. The van der Waals surface area contributed by atoms with Gasteiger partial charge in [0.2, 0.25) is 0 Å². The summed E-state index contributed by atoms with van der Waals surface area (Å²) in [5.41, 5.74) is 0.333. The van der Waals surface area contributed by atoms with Crippen molar-refractivity contribution in [3.8, 4) is 0 Å². The highest BCUT2D eigenvalue weighted by atomic mass is 127. The summed E-state index contributed by atoms with van der Waals surface area (Å²) in [6.07, 6.45) is 1.95. The number of nitrogens with zero attached hydrogens (tertiary/aromatic N) is 3. The van der Waals surface area contributed by atoms with Gasteiger partial charge in [-0.05, 0) is 34.9 Å². The minimum Gasteiger partial charge on any atom is -0.331 e. The van der Waals surface area contributed by atoms with Crippen LogP contribution in [0.4, 0.5) is 0 Å². The molecule has 1 heterocycles. The smallest absolute Gasteiger partial charge is 0.171 e. The third kappa shape index (κ3) is 3.00. The van der Waals surface area contributed by atoms with E-state index in [2.05, 4.69) is 65.3 Å². The van der Waals surface area contributed by atoms with Gasteiger partial charge < -0.3 is 4.90 Å². The van der Waals surface area contributed by atoms with E-state index >= 15 is 0 Å². The molecule has 3 nitrogen and oxygen atoms in total. The van der Waals surface area contributed by atoms with Crippen LogP contribution in [0.2, 0.25) is 0 Å². The van der Waals surface area contributed by atoms with Gasteiger partial charge in [-0.15, -0.1) is 0 Å². The summed E-state index contributed by atoms with van der Waals surface area (Å²) in [4.78, 5) is 2.28. The van der Waals surface area contributed by atoms with Crippen LogP contribution in [0, 0.1) is 5.41 Å². The summed E-state index contributed by atoms with van der Waals surface area (Å²) < 4.78 is 0.391. The van der Waals surface area contributed by atoms with Crippen molar-refractivity contribution in [1.82, 2.24) is 9.91 Å². The maximum atomic E-state index is 4.33. The van der Waals surface area contributed by atoms with Crippen molar-refractivity contribution in [1.29, 1.82) is 0 Å². The molecular weight excluding hydrogens is 277 g/mol. The lowest BCUT2D eigenvalue weighted by Gasteiger charge is -2.30. The summed E-state index contributed by atoms with van der Waals surface area (Å²) in [5, 5.41) is 6.42. The van der Waals surface area contributed by atoms with E-state index in [4.69, 9.17) is 0 Å². The second-order valence-electron chi connectivity index (χ2n) is 4.53. The average molecular weight is 295 g/mol. The Labute approximate surface area is 94.3 Å². The van der Waals surface area contributed by atoms with E-state index in [-0.39, 0.29) is 0 Å². The van der Waals surface area contributed by atoms with E-state index in [0.29, 0.717) is 9.59 Å². The molecule has 0 aromatic rings. The van der Waals surface area contributed by atoms with Gasteiger partial charge in [0.15, 0.2) is 4.17 Å². The number of rotatable bonds is 2. The largest absolute Gasteiger partial charge is 0.331 e. The molecule has 1 aliphatic heterocycles. The Kier molecular flexibility index (Phi) is 3.43. The average Bonchev–Trinajstić information content (AvgIpc) is 2.30. The van der Waals surface area contributed by atoms with Crippen LogP contribution in [0.15, 0.2) is 5.10 Å². The molecule has 1 atom stereocenters. The van der Waals surface area contributed by atoms with Crippen LogP contribution in [0.3, 0.4) is 0 Å². The predicted molar refractivity (Wildman–Crippen MR) is 64.8 cm³/mol. The van der Waals surface area contributed by atoms with Crippen molar-refractivity contribution in [2.24, 2.45) is 10.5 Å². The molecule has 0 amide bonds. The fourth-order valence-corrected chi connectivity index (χ4v) is 2.19. The Morgan fingerprint density at radius 1 is 1.46 bits per heavy atom. The van der Waals surface area contributed by atoms with Crippen molar-refractivity contribution < 1.29 is 0 Å². The van der Waals surface area contributed by atoms with Gasteiger partial charge in [-0.3, -0.25) is 5.01 Å². The SMILES string of the molecule is CCN1N=CN(CC(C)(C)C)C1I. The highest BCUT2D eigenvalue weighted by Gasteiger charge is 2.26. The fraction of sp³-hybridized carbons (Fsp3) is 0.889. The van der Waals surface area contributed by atoms with Gasteiger partial charge in [-0.1, -0.05) is 20.8 Å². The molecule has 0 N–H and O–H groups in total. The minimum atomic E-state index is 0.333. The highest BCUT2D eigenvalue weighted by molar-refractivity contribution is 14.1. The zero-order valence-corrected chi connectivity index (χ0v) is 10.9. The second-order valence-corrected chi connectivity index (χ2v) is 5.64. The molecule has 0 radical (unpaired) electrons. The number of alkyl halides is 1. The summed E-state index contributed by atoms with van der Waals surface area (Å²) in [7, 11) is 0. The Morgan fingerprint density at radius 3 is 2.46 bits per heavy atom. The van der Waals surface area contributed by atoms with Gasteiger partial charge >= 0.3 is 0 Å². The van der Waals surface area contributed by atoms with Crippen LogP contribution in [-0.2, 0) is 0 Å². The molecule has 13 heavy (non-hydrogen) atoms. The molecule has 0 aliphatic carbocycles. The minimum absolute atomic E-state index is 0.333. The topological polar surface area (TPSA) is 18.8 Å². The third-order valence-electron chi connectivity index (χ3n) is 1.85. The molecule has 0 aromatic carbocycles. The van der Waals surface area contributed by atoms with Crippen LogP contribution in [0.5, 0.6) is 0 Å². The number of hydrogen-bond acceptors (Lipinski definition) is 3. The van der Waals surface area contributed by atoms with Gasteiger partial charge in [0.05, 0.1) is 0 Å². The van der Waals surface area contributed by atoms with Crippen LogP contribution >= 0.6 is 22.6 Å². The first kappa shape index (κ1) is 11.1. The van der Waals surface area contributed by atoms with Crippen molar-refractivity contribution in [3.05, 3.63) is 0 Å². The predicted octanol–water partition coefficient (Wildman–Crippen LogP) is 2.33. The number of halogens is 1. The summed E-state index contributed by atoms with van der Waals surface area (Å²) >= 11 is 2.42. The first-order valence-corrected chi connectivity index (χ1v) is 5.89. The summed E-state index contributed by atoms with van der Waals surface area (Å²) in [5.74, 6) is 0. The molecule has 1 unspecified atom stereocenters. The normalized spacial score (nSPS) is 23.0. The van der Waals surface area contributed by atoms with Crippen LogP contribution in [0.25, 0.3) is 0 Å². The maximum Gasteiger partial charge on any atom is 0.171 e. The molecule has 4 heteroatoms. The lowest BCUT2D eigenvalue weighted by Crippen LogP contribution is -2.39. The molecule has 76 valence electrons. The van der Waals surface area contributed by atoms with Gasteiger partial charge in [-0.25, -0.2) is 0 Å². The molecule has 0 saturated heterocycles. The summed E-state index contributed by atoms with van der Waals surface area (Å²) in [6.45, 7) is 10.9. The Hall–Kier alpha value is 0.